The van der Waals surface area contributed by atoms with E-state index >= 15 is 0 Å². The number of rotatable bonds is 5. The van der Waals surface area contributed by atoms with Gasteiger partial charge in [-0.05, 0) is 54.7 Å². The number of hydrogen-bond acceptors (Lipinski definition) is 5. The number of nitro groups is 1. The highest BCUT2D eigenvalue weighted by atomic mass is 32.2. The van der Waals surface area contributed by atoms with Gasteiger partial charge in [-0.2, -0.15) is 8.70 Å². The van der Waals surface area contributed by atoms with Gasteiger partial charge in [0.15, 0.2) is 0 Å². The Balaban J connectivity index is 1.76. The maximum Gasteiger partial charge on any atom is 0.306 e. The summed E-state index contributed by atoms with van der Waals surface area (Å²) in [4.78, 5) is 22.4. The average Bonchev–Trinajstić information content (AvgIpc) is 2.68. The molecule has 1 aliphatic heterocycles. The molecule has 0 spiro atoms. The van der Waals surface area contributed by atoms with E-state index < -0.39 is 32.4 Å². The highest BCUT2D eigenvalue weighted by Gasteiger charge is 2.31. The van der Waals surface area contributed by atoms with E-state index in [0.717, 1.165) is 18.6 Å². The van der Waals surface area contributed by atoms with Gasteiger partial charge >= 0.3 is 5.69 Å². The standard InChI is InChI=1S/C20H22FN3O5S/c1-13-9-14(2)12-23(11-13)30(28,29)17-6-3-15(4-7-17)20(25)22-16-5-8-18(21)19(10-16)24(26)27/h3-8,10,13-14H,9,11-12H2,1-2H3,(H,22,25)/t13-,14+. The van der Waals surface area contributed by atoms with Gasteiger partial charge in [0.25, 0.3) is 5.91 Å². The lowest BCUT2D eigenvalue weighted by Crippen LogP contribution is -2.42. The summed E-state index contributed by atoms with van der Waals surface area (Å²) in [5.74, 6) is -1.06. The number of nitrogens with zero attached hydrogens (tertiary/aromatic N) is 2. The summed E-state index contributed by atoms with van der Waals surface area (Å²) < 4.78 is 40.7. The van der Waals surface area contributed by atoms with Crippen molar-refractivity contribution < 1.29 is 22.5 Å². The van der Waals surface area contributed by atoms with Crippen molar-refractivity contribution in [3.8, 4) is 0 Å². The van der Waals surface area contributed by atoms with Gasteiger partial charge in [-0.25, -0.2) is 8.42 Å². The van der Waals surface area contributed by atoms with Gasteiger partial charge in [-0.1, -0.05) is 13.8 Å². The number of benzene rings is 2. The summed E-state index contributed by atoms with van der Waals surface area (Å²) in [6.07, 6.45) is 0.979. The Kier molecular flexibility index (Phi) is 6.18. The molecule has 2 atom stereocenters. The number of sulfonamides is 1. The molecule has 0 aromatic heterocycles. The van der Waals surface area contributed by atoms with E-state index in [2.05, 4.69) is 5.32 Å². The fourth-order valence-corrected chi connectivity index (χ4v) is 5.34. The zero-order valence-electron chi connectivity index (χ0n) is 16.5. The first-order valence-electron chi connectivity index (χ1n) is 9.43. The first kappa shape index (κ1) is 21.8. The van der Waals surface area contributed by atoms with Crippen LogP contribution in [0.25, 0.3) is 0 Å². The minimum absolute atomic E-state index is 0.0566. The third-order valence-corrected chi connectivity index (χ3v) is 6.84. The van der Waals surface area contributed by atoms with Gasteiger partial charge in [-0.3, -0.25) is 14.9 Å². The summed E-state index contributed by atoms with van der Waals surface area (Å²) in [5, 5.41) is 13.3. The molecule has 2 aromatic rings. The Morgan fingerprint density at radius 2 is 1.73 bits per heavy atom. The molecule has 1 saturated heterocycles. The topological polar surface area (TPSA) is 110 Å². The second-order valence-corrected chi connectivity index (χ2v) is 9.61. The highest BCUT2D eigenvalue weighted by molar-refractivity contribution is 7.89. The van der Waals surface area contributed by atoms with Gasteiger partial charge < -0.3 is 5.32 Å². The van der Waals surface area contributed by atoms with Crippen LogP contribution in [0, 0.1) is 27.8 Å². The van der Waals surface area contributed by atoms with Crippen LogP contribution in [0.1, 0.15) is 30.6 Å². The molecule has 1 amide bonds. The van der Waals surface area contributed by atoms with Crippen LogP contribution in [0.15, 0.2) is 47.4 Å². The number of hydrogen-bond donors (Lipinski definition) is 1. The predicted molar refractivity (Wildman–Crippen MR) is 109 cm³/mol. The average molecular weight is 435 g/mol. The lowest BCUT2D eigenvalue weighted by Gasteiger charge is -2.34. The molecule has 1 heterocycles. The van der Waals surface area contributed by atoms with Crippen molar-refractivity contribution >= 4 is 27.3 Å². The number of carbonyl (C=O) groups excluding carboxylic acids is 1. The highest BCUT2D eigenvalue weighted by Crippen LogP contribution is 2.27. The second kappa shape index (κ2) is 8.49. The van der Waals surface area contributed by atoms with E-state index in [-0.39, 0.29) is 28.0 Å². The normalized spacial score (nSPS) is 20.0. The summed E-state index contributed by atoms with van der Waals surface area (Å²) >= 11 is 0. The predicted octanol–water partition coefficient (Wildman–Crippen LogP) is 3.65. The van der Waals surface area contributed by atoms with Crippen LogP contribution in [0.5, 0.6) is 0 Å². The Labute approximate surface area is 173 Å². The fraction of sp³-hybridized carbons (Fsp3) is 0.350. The van der Waals surface area contributed by atoms with Crippen LogP contribution in [0.3, 0.4) is 0 Å². The number of nitrogens with one attached hydrogen (secondary N) is 1. The first-order chi connectivity index (χ1) is 14.1. The maximum absolute atomic E-state index is 13.4. The molecule has 30 heavy (non-hydrogen) atoms. The molecule has 1 aliphatic rings. The van der Waals surface area contributed by atoms with Gasteiger partial charge in [-0.15, -0.1) is 0 Å². The fourth-order valence-electron chi connectivity index (χ4n) is 3.66. The molecule has 1 N–H and O–H groups in total. The smallest absolute Gasteiger partial charge is 0.306 e. The van der Waals surface area contributed by atoms with Crippen LogP contribution in [-0.4, -0.2) is 36.6 Å². The lowest BCUT2D eigenvalue weighted by atomic mass is 9.94. The third kappa shape index (κ3) is 4.65. The number of amides is 1. The zero-order valence-corrected chi connectivity index (χ0v) is 17.4. The van der Waals surface area contributed by atoms with Crippen molar-refractivity contribution in [1.82, 2.24) is 4.31 Å². The Morgan fingerprint density at radius 1 is 1.13 bits per heavy atom. The zero-order chi connectivity index (χ0) is 22.1. The molecule has 160 valence electrons. The van der Waals surface area contributed by atoms with Crippen molar-refractivity contribution in [3.63, 3.8) is 0 Å². The van der Waals surface area contributed by atoms with Crippen molar-refractivity contribution in [2.24, 2.45) is 11.8 Å². The Morgan fingerprint density at radius 3 is 2.30 bits per heavy atom. The molecular formula is C20H22FN3O5S. The van der Waals surface area contributed by atoms with E-state index in [1.54, 1.807) is 0 Å². The second-order valence-electron chi connectivity index (χ2n) is 7.67. The molecule has 3 rings (SSSR count). The van der Waals surface area contributed by atoms with Crippen LogP contribution in [0.2, 0.25) is 0 Å². The third-order valence-electron chi connectivity index (χ3n) is 4.99. The molecule has 10 heteroatoms. The molecule has 0 aliphatic carbocycles. The minimum atomic E-state index is -3.66. The maximum atomic E-state index is 13.4. The van der Waals surface area contributed by atoms with Gasteiger partial charge in [0.1, 0.15) is 0 Å². The lowest BCUT2D eigenvalue weighted by molar-refractivity contribution is -0.387. The number of halogens is 1. The first-order valence-corrected chi connectivity index (χ1v) is 10.9. The molecule has 1 fully saturated rings. The molecular weight excluding hydrogens is 413 g/mol. The molecule has 0 radical (unpaired) electrons. The molecule has 2 aromatic carbocycles. The van der Waals surface area contributed by atoms with Gasteiger partial charge in [0.05, 0.1) is 9.82 Å². The minimum Gasteiger partial charge on any atom is -0.322 e. The van der Waals surface area contributed by atoms with E-state index in [1.165, 1.54) is 34.6 Å². The largest absolute Gasteiger partial charge is 0.322 e. The summed E-state index contributed by atoms with van der Waals surface area (Å²) in [6.45, 7) is 4.95. The van der Waals surface area contributed by atoms with Crippen molar-refractivity contribution in [2.75, 3.05) is 18.4 Å². The Hall–Kier alpha value is -2.85. The van der Waals surface area contributed by atoms with Crippen LogP contribution in [0.4, 0.5) is 15.8 Å². The van der Waals surface area contributed by atoms with E-state index in [1.807, 2.05) is 13.8 Å². The Bertz CT molecular complexity index is 1060. The van der Waals surface area contributed by atoms with E-state index in [4.69, 9.17) is 0 Å². The molecule has 0 unspecified atom stereocenters. The van der Waals surface area contributed by atoms with Crippen molar-refractivity contribution in [1.29, 1.82) is 0 Å². The van der Waals surface area contributed by atoms with Crippen molar-refractivity contribution in [2.45, 2.75) is 25.2 Å². The van der Waals surface area contributed by atoms with Crippen LogP contribution >= 0.6 is 0 Å². The number of anilines is 1. The van der Waals surface area contributed by atoms with Gasteiger partial charge in [0, 0.05) is 30.4 Å². The van der Waals surface area contributed by atoms with Gasteiger partial charge in [0.2, 0.25) is 15.8 Å². The molecule has 8 nitrogen and oxygen atoms in total. The van der Waals surface area contributed by atoms with Crippen molar-refractivity contribution in [3.05, 3.63) is 64.0 Å². The summed E-state index contributed by atoms with van der Waals surface area (Å²) in [7, 11) is -3.66. The van der Waals surface area contributed by atoms with Crippen LogP contribution in [-0.2, 0) is 10.0 Å². The van der Waals surface area contributed by atoms with E-state index in [9.17, 15) is 27.7 Å². The number of piperidine rings is 1. The molecule has 0 saturated carbocycles. The number of nitro benzene ring substituents is 1. The quantitative estimate of drug-likeness (QED) is 0.569. The summed E-state index contributed by atoms with van der Waals surface area (Å²) in [5.41, 5.74) is -0.526. The van der Waals surface area contributed by atoms with Crippen LogP contribution < -0.4 is 5.32 Å². The monoisotopic (exact) mass is 435 g/mol. The SMILES string of the molecule is C[C@@H]1C[C@H](C)CN(S(=O)(=O)c2ccc(C(=O)Nc3ccc(F)c([N+](=O)[O-])c3)cc2)C1. The number of carbonyl (C=O) groups is 1. The molecule has 0 bridgehead atoms. The van der Waals surface area contributed by atoms with E-state index in [0.29, 0.717) is 13.1 Å². The summed E-state index contributed by atoms with van der Waals surface area (Å²) in [6, 6.07) is 8.49.